The maximum atomic E-state index is 14.1. The van der Waals surface area contributed by atoms with Crippen molar-refractivity contribution in [2.75, 3.05) is 13.1 Å². The van der Waals surface area contributed by atoms with E-state index in [9.17, 15) is 13.6 Å². The number of aromatic nitrogens is 2. The molecule has 22 heavy (non-hydrogen) atoms. The van der Waals surface area contributed by atoms with E-state index in [1.165, 1.54) is 16.8 Å². The second-order valence-electron chi connectivity index (χ2n) is 5.73. The molecule has 0 spiro atoms. The zero-order valence-electron chi connectivity index (χ0n) is 11.7. The minimum Gasteiger partial charge on any atom is -0.317 e. The minimum atomic E-state index is -0.867. The molecule has 2 aliphatic heterocycles. The van der Waals surface area contributed by atoms with Gasteiger partial charge >= 0.3 is 0 Å². The van der Waals surface area contributed by atoms with Gasteiger partial charge in [-0.1, -0.05) is 0 Å². The molecule has 1 atom stereocenters. The molecule has 1 fully saturated rings. The normalized spacial score (nSPS) is 24.3. The van der Waals surface area contributed by atoms with Gasteiger partial charge in [0.2, 0.25) is 0 Å². The summed E-state index contributed by atoms with van der Waals surface area (Å²) in [5.41, 5.74) is 0.588. The van der Waals surface area contributed by atoms with Crippen LogP contribution in [0.3, 0.4) is 0 Å². The summed E-state index contributed by atoms with van der Waals surface area (Å²) in [5.74, 6) is -1.80. The summed E-state index contributed by atoms with van der Waals surface area (Å²) in [5, 5.41) is 7.57. The number of fused-ring (bicyclic) bond motifs is 3. The van der Waals surface area contributed by atoms with Crippen LogP contribution in [0.4, 0.5) is 8.78 Å². The van der Waals surface area contributed by atoms with E-state index in [2.05, 4.69) is 15.4 Å². The van der Waals surface area contributed by atoms with Gasteiger partial charge in [-0.3, -0.25) is 4.79 Å². The zero-order valence-corrected chi connectivity index (χ0v) is 11.7. The molecule has 1 N–H and O–H groups in total. The molecule has 1 saturated heterocycles. The van der Waals surface area contributed by atoms with Crippen molar-refractivity contribution in [2.45, 2.75) is 24.7 Å². The van der Waals surface area contributed by atoms with Gasteiger partial charge in [-0.25, -0.2) is 13.5 Å². The number of hydrogen-bond donors (Lipinski definition) is 1. The van der Waals surface area contributed by atoms with Crippen LogP contribution in [0.25, 0.3) is 0 Å². The van der Waals surface area contributed by atoms with Gasteiger partial charge in [-0.2, -0.15) is 10.1 Å². The highest BCUT2D eigenvalue weighted by Gasteiger charge is 2.36. The number of halogens is 2. The van der Waals surface area contributed by atoms with Gasteiger partial charge < -0.3 is 5.32 Å². The van der Waals surface area contributed by atoms with E-state index in [0.717, 1.165) is 37.7 Å². The van der Waals surface area contributed by atoms with Crippen LogP contribution in [0.1, 0.15) is 36.2 Å². The monoisotopic (exact) mass is 304 g/mol. The molecule has 1 aromatic heterocycles. The van der Waals surface area contributed by atoms with Crippen LogP contribution in [-0.4, -0.2) is 28.5 Å². The van der Waals surface area contributed by atoms with Crippen molar-refractivity contribution in [1.82, 2.24) is 15.0 Å². The molecule has 1 aromatic rings. The maximum Gasteiger partial charge on any atom is 0.273 e. The number of rotatable bonds is 1. The van der Waals surface area contributed by atoms with Crippen LogP contribution in [0.15, 0.2) is 39.8 Å². The summed E-state index contributed by atoms with van der Waals surface area (Å²) >= 11 is 0. The molecule has 0 radical (unpaired) electrons. The SMILES string of the molecule is O=c1cc(C2CCNCC2)n2c(n1)C1C(F)=CC(F)=CC1=N2. The van der Waals surface area contributed by atoms with Gasteiger partial charge in [0, 0.05) is 18.1 Å². The number of hydrogen-bond acceptors (Lipinski definition) is 4. The van der Waals surface area contributed by atoms with Crippen LogP contribution >= 0.6 is 0 Å². The number of allylic oxidation sites excluding steroid dienone is 4. The Balaban J connectivity index is 1.87. The van der Waals surface area contributed by atoms with Crippen LogP contribution in [0, 0.1) is 0 Å². The maximum absolute atomic E-state index is 14.1. The van der Waals surface area contributed by atoms with Crippen molar-refractivity contribution in [1.29, 1.82) is 0 Å². The summed E-state index contributed by atoms with van der Waals surface area (Å²) in [6, 6.07) is 1.46. The Labute approximate surface area is 125 Å². The number of nitrogens with zero attached hydrogens (tertiary/aromatic N) is 3. The van der Waals surface area contributed by atoms with Crippen molar-refractivity contribution >= 4 is 5.71 Å². The second kappa shape index (κ2) is 4.95. The lowest BCUT2D eigenvalue weighted by atomic mass is 9.93. The highest BCUT2D eigenvalue weighted by molar-refractivity contribution is 6.04. The van der Waals surface area contributed by atoms with Crippen molar-refractivity contribution in [2.24, 2.45) is 5.10 Å². The molecule has 0 amide bonds. The van der Waals surface area contributed by atoms with E-state index in [4.69, 9.17) is 0 Å². The highest BCUT2D eigenvalue weighted by atomic mass is 19.1. The predicted molar refractivity (Wildman–Crippen MR) is 77.3 cm³/mol. The molecular formula is C15H14F2N4O. The third-order valence-corrected chi connectivity index (χ3v) is 4.32. The topological polar surface area (TPSA) is 59.3 Å². The van der Waals surface area contributed by atoms with Crippen molar-refractivity contribution in [3.63, 3.8) is 0 Å². The Kier molecular flexibility index (Phi) is 3.04. The van der Waals surface area contributed by atoms with E-state index in [1.807, 2.05) is 0 Å². The average Bonchev–Trinajstić information content (AvgIpc) is 2.85. The molecule has 0 aromatic carbocycles. The molecule has 3 aliphatic rings. The molecular weight excluding hydrogens is 290 g/mol. The summed E-state index contributed by atoms with van der Waals surface area (Å²) in [6.07, 6.45) is 3.77. The molecule has 0 saturated carbocycles. The van der Waals surface area contributed by atoms with E-state index < -0.39 is 23.1 Å². The Hall–Kier alpha value is -2.15. The van der Waals surface area contributed by atoms with Gasteiger partial charge in [0.15, 0.2) is 0 Å². The second-order valence-corrected chi connectivity index (χ2v) is 5.73. The summed E-state index contributed by atoms with van der Waals surface area (Å²) in [4.78, 5) is 15.8. The average molecular weight is 304 g/mol. The molecule has 114 valence electrons. The van der Waals surface area contributed by atoms with E-state index in [1.54, 1.807) is 0 Å². The predicted octanol–water partition coefficient (Wildman–Crippen LogP) is 1.73. The Bertz CT molecular complexity index is 787. The number of piperidine rings is 1. The first-order valence-corrected chi connectivity index (χ1v) is 7.31. The summed E-state index contributed by atoms with van der Waals surface area (Å²) in [7, 11) is 0. The molecule has 1 aliphatic carbocycles. The Morgan fingerprint density at radius 2 is 2.00 bits per heavy atom. The van der Waals surface area contributed by atoms with Gasteiger partial charge in [-0.15, -0.1) is 0 Å². The lowest BCUT2D eigenvalue weighted by Crippen LogP contribution is -2.29. The minimum absolute atomic E-state index is 0.168. The van der Waals surface area contributed by atoms with Gasteiger partial charge in [0.25, 0.3) is 5.56 Å². The first-order valence-electron chi connectivity index (χ1n) is 7.31. The van der Waals surface area contributed by atoms with Crippen LogP contribution in [0.2, 0.25) is 0 Å². The smallest absolute Gasteiger partial charge is 0.273 e. The Morgan fingerprint density at radius 1 is 1.23 bits per heavy atom. The summed E-state index contributed by atoms with van der Waals surface area (Å²) in [6.45, 7) is 1.72. The van der Waals surface area contributed by atoms with Gasteiger partial charge in [0.05, 0.1) is 11.4 Å². The van der Waals surface area contributed by atoms with Crippen LogP contribution in [-0.2, 0) is 0 Å². The van der Waals surface area contributed by atoms with Crippen molar-refractivity contribution in [3.8, 4) is 0 Å². The first-order chi connectivity index (χ1) is 10.6. The third-order valence-electron chi connectivity index (χ3n) is 4.32. The molecule has 5 nitrogen and oxygen atoms in total. The van der Waals surface area contributed by atoms with Crippen molar-refractivity contribution in [3.05, 3.63) is 51.7 Å². The van der Waals surface area contributed by atoms with Gasteiger partial charge in [0.1, 0.15) is 23.4 Å². The molecule has 0 bridgehead atoms. The quantitative estimate of drug-likeness (QED) is 0.859. The zero-order chi connectivity index (χ0) is 15.3. The third kappa shape index (κ3) is 2.04. The number of nitrogens with one attached hydrogen (secondary N) is 1. The van der Waals surface area contributed by atoms with Crippen LogP contribution in [0.5, 0.6) is 0 Å². The highest BCUT2D eigenvalue weighted by Crippen LogP contribution is 2.37. The fourth-order valence-electron chi connectivity index (χ4n) is 3.30. The Morgan fingerprint density at radius 3 is 2.77 bits per heavy atom. The van der Waals surface area contributed by atoms with Crippen molar-refractivity contribution < 1.29 is 8.78 Å². The molecule has 3 heterocycles. The van der Waals surface area contributed by atoms with E-state index in [0.29, 0.717) is 0 Å². The van der Waals surface area contributed by atoms with Gasteiger partial charge in [-0.05, 0) is 32.0 Å². The fourth-order valence-corrected chi connectivity index (χ4v) is 3.30. The standard InChI is InChI=1S/C15H14F2N4O/c16-9-5-10(17)14-11(6-9)20-21-12(7-13(22)19-15(14)21)8-1-3-18-4-2-8/h5-8,14,18H,1-4H2. The molecule has 4 rings (SSSR count). The van der Waals surface area contributed by atoms with E-state index >= 15 is 0 Å². The lowest BCUT2D eigenvalue weighted by molar-refractivity contribution is 0.438. The van der Waals surface area contributed by atoms with Crippen LogP contribution < -0.4 is 10.9 Å². The van der Waals surface area contributed by atoms with E-state index in [-0.39, 0.29) is 17.5 Å². The summed E-state index contributed by atoms with van der Waals surface area (Å²) < 4.78 is 29.0. The first kappa shape index (κ1) is 13.5. The largest absolute Gasteiger partial charge is 0.317 e. The lowest BCUT2D eigenvalue weighted by Gasteiger charge is -2.24. The molecule has 1 unspecified atom stereocenters. The fraction of sp³-hybridized carbons (Fsp3) is 0.400. The molecule has 7 heteroatoms.